The van der Waals surface area contributed by atoms with Crippen LogP contribution in [0, 0.1) is 18.6 Å². The second-order valence-corrected chi connectivity index (χ2v) is 14.4. The van der Waals surface area contributed by atoms with Gasteiger partial charge in [-0.2, -0.15) is 15.6 Å². The number of fused-ring (bicyclic) bond motifs is 1. The normalized spacial score (nSPS) is 20.2. The van der Waals surface area contributed by atoms with Crippen LogP contribution in [0.1, 0.15) is 23.1 Å². The van der Waals surface area contributed by atoms with Crippen molar-refractivity contribution in [3.63, 3.8) is 0 Å². The maximum Gasteiger partial charge on any atom is 0.229 e. The fraction of sp³-hybridized carbons (Fsp3) is 0.419. The molecular formula is C31H39F2N7O2S. The van der Waals surface area contributed by atoms with Gasteiger partial charge in [0, 0.05) is 74.3 Å². The van der Waals surface area contributed by atoms with Crippen LogP contribution in [-0.4, -0.2) is 96.2 Å². The van der Waals surface area contributed by atoms with Crippen molar-refractivity contribution in [2.75, 3.05) is 57.1 Å². The third-order valence-electron chi connectivity index (χ3n) is 8.66. The number of anilines is 2. The Labute approximate surface area is 252 Å². The molecule has 0 spiro atoms. The minimum absolute atomic E-state index is 0.0306. The molecule has 0 radical (unpaired) electrons. The van der Waals surface area contributed by atoms with E-state index in [1.807, 2.05) is 17.0 Å². The quantitative estimate of drug-likeness (QED) is 0.242. The molecule has 43 heavy (non-hydrogen) atoms. The summed E-state index contributed by atoms with van der Waals surface area (Å²) in [5.74, 6) is -0.463. The third kappa shape index (κ3) is 6.69. The van der Waals surface area contributed by atoms with Gasteiger partial charge in [0.15, 0.2) is 0 Å². The van der Waals surface area contributed by atoms with Crippen molar-refractivity contribution in [2.24, 2.45) is 0 Å². The summed E-state index contributed by atoms with van der Waals surface area (Å²) in [6.45, 7) is 5.97. The van der Waals surface area contributed by atoms with Crippen LogP contribution in [0.3, 0.4) is 0 Å². The van der Waals surface area contributed by atoms with Crippen molar-refractivity contribution >= 4 is 33.3 Å². The van der Waals surface area contributed by atoms with Crippen LogP contribution < -0.4 is 5.32 Å². The summed E-state index contributed by atoms with van der Waals surface area (Å²) in [4.78, 5) is 15.8. The molecule has 2 fully saturated rings. The number of hydrogen-bond donors (Lipinski definition) is 3. The van der Waals surface area contributed by atoms with E-state index in [2.05, 4.69) is 53.3 Å². The van der Waals surface area contributed by atoms with E-state index in [4.69, 9.17) is 4.98 Å². The molecule has 3 N–H and O–H groups in total. The molecular weight excluding hydrogens is 572 g/mol. The summed E-state index contributed by atoms with van der Waals surface area (Å²) in [7, 11) is 1.70. The molecule has 0 aliphatic carbocycles. The highest BCUT2D eigenvalue weighted by Crippen LogP contribution is 2.40. The maximum atomic E-state index is 15.2. The van der Waals surface area contributed by atoms with E-state index >= 15 is 8.78 Å². The van der Waals surface area contributed by atoms with Gasteiger partial charge in [-0.3, -0.25) is 18.9 Å². The average Bonchev–Trinajstić information content (AvgIpc) is 3.61. The lowest BCUT2D eigenvalue weighted by Crippen LogP contribution is -2.38. The standard InChI is InChI=1S/C31H39F2N7O2S/c1-21-4-5-24(14-23(21)18-39-8-7-25(19-39)37(2)3)35-31-34-17-22-6-9-40(30(22)36-31)26-15-28(32)27(29(33)16-26)20-38-10-12-43(41,42)13-11-38/h4-6,9,14-17,25,41-42H,7-8,10-13,18-20H2,1-3H3,(H,34,35,36). The van der Waals surface area contributed by atoms with Gasteiger partial charge in [-0.1, -0.05) is 6.07 Å². The highest BCUT2D eigenvalue weighted by atomic mass is 32.3. The lowest BCUT2D eigenvalue weighted by Gasteiger charge is -2.41. The zero-order valence-corrected chi connectivity index (χ0v) is 25.6. The van der Waals surface area contributed by atoms with E-state index in [0.29, 0.717) is 36.4 Å². The Morgan fingerprint density at radius 1 is 1.00 bits per heavy atom. The molecule has 2 saturated heterocycles. The molecule has 0 amide bonds. The smallest absolute Gasteiger partial charge is 0.229 e. The van der Waals surface area contributed by atoms with Crippen LogP contribution >= 0.6 is 10.6 Å². The Balaban J connectivity index is 1.20. The van der Waals surface area contributed by atoms with E-state index in [9.17, 15) is 9.11 Å². The summed E-state index contributed by atoms with van der Waals surface area (Å²) in [6.07, 6.45) is 4.60. The second-order valence-electron chi connectivity index (χ2n) is 11.9. The lowest BCUT2D eigenvalue weighted by atomic mass is 10.1. The van der Waals surface area contributed by atoms with Crippen LogP contribution in [0.25, 0.3) is 16.7 Å². The van der Waals surface area contributed by atoms with Gasteiger partial charge in [-0.15, -0.1) is 0 Å². The highest BCUT2D eigenvalue weighted by molar-refractivity contribution is 8.24. The van der Waals surface area contributed by atoms with Crippen molar-refractivity contribution in [1.29, 1.82) is 0 Å². The first kappa shape index (κ1) is 29.9. The van der Waals surface area contributed by atoms with Crippen LogP contribution in [0.4, 0.5) is 20.4 Å². The van der Waals surface area contributed by atoms with Crippen molar-refractivity contribution in [3.8, 4) is 5.69 Å². The predicted octanol–water partition coefficient (Wildman–Crippen LogP) is 5.45. The van der Waals surface area contributed by atoms with Gasteiger partial charge in [-0.25, -0.2) is 13.8 Å². The number of halogens is 2. The molecule has 0 bridgehead atoms. The number of hydrogen-bond acceptors (Lipinski definition) is 8. The molecule has 1 unspecified atom stereocenters. The van der Waals surface area contributed by atoms with Crippen LogP contribution in [0.15, 0.2) is 48.8 Å². The van der Waals surface area contributed by atoms with Crippen LogP contribution in [0.2, 0.25) is 0 Å². The Morgan fingerprint density at radius 3 is 2.44 bits per heavy atom. The monoisotopic (exact) mass is 611 g/mol. The van der Waals surface area contributed by atoms with Crippen molar-refractivity contribution in [3.05, 3.63) is 77.1 Å². The average molecular weight is 612 g/mol. The zero-order valence-electron chi connectivity index (χ0n) is 24.8. The molecule has 2 aliphatic rings. The number of aryl methyl sites for hydroxylation is 1. The molecule has 2 aliphatic heterocycles. The largest absolute Gasteiger partial charge is 0.324 e. The van der Waals surface area contributed by atoms with Crippen molar-refractivity contribution in [1.82, 2.24) is 29.2 Å². The lowest BCUT2D eigenvalue weighted by molar-refractivity contribution is 0.264. The SMILES string of the molecule is Cc1ccc(Nc2ncc3ccn(-c4cc(F)c(CN5CCS(O)(O)CC5)c(F)c4)c3n2)cc1CN1CCC(N(C)C)C1. The molecule has 230 valence electrons. The van der Waals surface area contributed by atoms with Gasteiger partial charge in [0.1, 0.15) is 17.3 Å². The van der Waals surface area contributed by atoms with Crippen LogP contribution in [-0.2, 0) is 13.1 Å². The van der Waals surface area contributed by atoms with E-state index in [-0.39, 0.29) is 23.6 Å². The van der Waals surface area contributed by atoms with Gasteiger partial charge in [0.05, 0.1) is 17.2 Å². The molecule has 6 rings (SSSR count). The summed E-state index contributed by atoms with van der Waals surface area (Å²) in [5, 5.41) is 4.06. The summed E-state index contributed by atoms with van der Waals surface area (Å²) in [5.41, 5.74) is 4.18. The van der Waals surface area contributed by atoms with E-state index in [0.717, 1.165) is 30.7 Å². The number of likely N-dealkylation sites (tertiary alicyclic amines) is 1. The maximum absolute atomic E-state index is 15.2. The minimum atomic E-state index is -2.58. The fourth-order valence-corrected chi connectivity index (χ4v) is 7.18. The topological polar surface area (TPSA) is 92.9 Å². The Bertz CT molecular complexity index is 1600. The Morgan fingerprint density at radius 2 is 1.74 bits per heavy atom. The third-order valence-corrected chi connectivity index (χ3v) is 10.3. The highest BCUT2D eigenvalue weighted by Gasteiger charge is 2.25. The first-order valence-corrected chi connectivity index (χ1v) is 16.5. The molecule has 4 heterocycles. The van der Waals surface area contributed by atoms with Gasteiger partial charge in [-0.05, 0) is 68.9 Å². The number of nitrogens with one attached hydrogen (secondary N) is 1. The number of benzene rings is 2. The minimum Gasteiger partial charge on any atom is -0.324 e. The first-order valence-electron chi connectivity index (χ1n) is 14.6. The van der Waals surface area contributed by atoms with Gasteiger partial charge in [0.25, 0.3) is 0 Å². The summed E-state index contributed by atoms with van der Waals surface area (Å²) < 4.78 is 51.8. The number of rotatable bonds is 8. The Kier molecular flexibility index (Phi) is 8.42. The predicted molar refractivity (Wildman–Crippen MR) is 168 cm³/mol. The second kappa shape index (κ2) is 12.1. The Hall–Kier alpha value is -3.13. The molecule has 2 aromatic heterocycles. The first-order chi connectivity index (χ1) is 20.5. The molecule has 4 aromatic rings. The fourth-order valence-electron chi connectivity index (χ4n) is 5.88. The van der Waals surface area contributed by atoms with Gasteiger partial charge >= 0.3 is 0 Å². The van der Waals surface area contributed by atoms with Crippen molar-refractivity contribution < 1.29 is 17.9 Å². The summed E-state index contributed by atoms with van der Waals surface area (Å²) in [6, 6.07) is 11.3. The molecule has 0 saturated carbocycles. The molecule has 2 aromatic carbocycles. The number of likely N-dealkylation sites (N-methyl/N-ethyl adjacent to an activating group) is 1. The molecule has 12 heteroatoms. The molecule has 9 nitrogen and oxygen atoms in total. The number of nitrogens with zero attached hydrogens (tertiary/aromatic N) is 6. The van der Waals surface area contributed by atoms with E-state index in [1.54, 1.807) is 17.0 Å². The molecule has 1 atom stereocenters. The van der Waals surface area contributed by atoms with Crippen molar-refractivity contribution in [2.45, 2.75) is 32.5 Å². The zero-order chi connectivity index (χ0) is 30.3. The van der Waals surface area contributed by atoms with Gasteiger partial charge in [0.2, 0.25) is 5.95 Å². The van der Waals surface area contributed by atoms with E-state index < -0.39 is 22.2 Å². The summed E-state index contributed by atoms with van der Waals surface area (Å²) >= 11 is 0. The van der Waals surface area contributed by atoms with Crippen LogP contribution in [0.5, 0.6) is 0 Å². The van der Waals surface area contributed by atoms with Gasteiger partial charge < -0.3 is 14.8 Å². The van der Waals surface area contributed by atoms with E-state index in [1.165, 1.54) is 29.7 Å². The number of aromatic nitrogens is 3.